The second kappa shape index (κ2) is 13.4. The molecule has 0 radical (unpaired) electrons. The van der Waals surface area contributed by atoms with Crippen molar-refractivity contribution < 1.29 is 19.0 Å². The zero-order chi connectivity index (χ0) is 30.6. The molecule has 4 rings (SSSR count). The van der Waals surface area contributed by atoms with Gasteiger partial charge in [-0.1, -0.05) is 23.2 Å². The second-order valence-corrected chi connectivity index (χ2v) is 11.7. The number of halogens is 2. The lowest BCUT2D eigenvalue weighted by atomic mass is 10.0. The summed E-state index contributed by atoms with van der Waals surface area (Å²) in [5.41, 5.74) is 0.299. The molecule has 11 nitrogen and oxygen atoms in total. The second-order valence-electron chi connectivity index (χ2n) is 11.0. The molecule has 3 aromatic rings. The minimum absolute atomic E-state index is 0.208. The lowest BCUT2D eigenvalue weighted by molar-refractivity contribution is 0.0144. The van der Waals surface area contributed by atoms with Crippen LogP contribution in [0.5, 0.6) is 11.5 Å². The molecular formula is C29H38Cl2N6O5. The van der Waals surface area contributed by atoms with E-state index in [0.717, 1.165) is 19.6 Å². The first-order chi connectivity index (χ1) is 20.0. The van der Waals surface area contributed by atoms with Crippen molar-refractivity contribution in [2.45, 2.75) is 46.3 Å². The Morgan fingerprint density at radius 3 is 2.24 bits per heavy atom. The average molecular weight is 622 g/mol. The number of methoxy groups -OCH3 is 2. The van der Waals surface area contributed by atoms with Crippen molar-refractivity contribution in [2.75, 3.05) is 58.8 Å². The van der Waals surface area contributed by atoms with E-state index in [-0.39, 0.29) is 21.7 Å². The number of hydrogen-bond acceptors (Lipinski definition) is 9. The van der Waals surface area contributed by atoms with Gasteiger partial charge in [0.25, 0.3) is 5.56 Å². The summed E-state index contributed by atoms with van der Waals surface area (Å²) in [5, 5.41) is 4.19. The Bertz CT molecular complexity index is 1470. The van der Waals surface area contributed by atoms with Gasteiger partial charge in [0.15, 0.2) is 0 Å². The number of nitrogens with one attached hydrogen (secondary N) is 1. The van der Waals surface area contributed by atoms with E-state index >= 15 is 0 Å². The topological polar surface area (TPSA) is 111 Å². The Morgan fingerprint density at radius 2 is 1.67 bits per heavy atom. The minimum atomic E-state index is -0.528. The molecule has 1 N–H and O–H groups in total. The number of benzene rings is 1. The summed E-state index contributed by atoms with van der Waals surface area (Å²) in [4.78, 5) is 39.6. The van der Waals surface area contributed by atoms with Crippen LogP contribution in [0.2, 0.25) is 10.0 Å². The Kier molecular flexibility index (Phi) is 10.1. The molecule has 1 aromatic carbocycles. The van der Waals surface area contributed by atoms with Gasteiger partial charge in [0.05, 0.1) is 29.8 Å². The third-order valence-electron chi connectivity index (χ3n) is 6.88. The van der Waals surface area contributed by atoms with Crippen LogP contribution in [0.4, 0.5) is 10.7 Å². The van der Waals surface area contributed by atoms with Gasteiger partial charge in [-0.2, -0.15) is 4.98 Å². The van der Waals surface area contributed by atoms with Gasteiger partial charge >= 0.3 is 6.09 Å². The summed E-state index contributed by atoms with van der Waals surface area (Å²) in [6, 6.07) is 3.29. The molecule has 228 valence electrons. The third-order valence-corrected chi connectivity index (χ3v) is 7.64. The summed E-state index contributed by atoms with van der Waals surface area (Å²) in [6.45, 7) is 11.9. The molecule has 1 aliphatic heterocycles. The van der Waals surface area contributed by atoms with E-state index in [2.05, 4.69) is 20.2 Å². The van der Waals surface area contributed by atoms with E-state index in [1.807, 2.05) is 27.7 Å². The van der Waals surface area contributed by atoms with Gasteiger partial charge in [0.2, 0.25) is 5.95 Å². The zero-order valence-electron chi connectivity index (χ0n) is 24.9. The maximum Gasteiger partial charge on any atom is 0.410 e. The van der Waals surface area contributed by atoms with Gasteiger partial charge in [-0.15, -0.1) is 0 Å². The minimum Gasteiger partial charge on any atom is -0.495 e. The third kappa shape index (κ3) is 7.02. The first-order valence-corrected chi connectivity index (χ1v) is 14.7. The highest BCUT2D eigenvalue weighted by molar-refractivity contribution is 6.41. The predicted octanol–water partition coefficient (Wildman–Crippen LogP) is 5.16. The number of carbonyl (C=O) groups is 1. The smallest absolute Gasteiger partial charge is 0.410 e. The number of carbonyl (C=O) groups excluding carboxylic acids is 1. The number of anilines is 1. The van der Waals surface area contributed by atoms with Crippen molar-refractivity contribution in [3.63, 3.8) is 0 Å². The van der Waals surface area contributed by atoms with Gasteiger partial charge in [0, 0.05) is 62.5 Å². The Balaban J connectivity index is 1.63. The summed E-state index contributed by atoms with van der Waals surface area (Å²) >= 11 is 13.4. The summed E-state index contributed by atoms with van der Waals surface area (Å²) in [5.74, 6) is 1.11. The SMILES string of the molecule is CCNc1ncc2cc(-c3c(Cl)c(OC)cc(OC)c3Cl)c(=O)n(CCCN3CCN(C(=O)OC(C)(C)C)CC3)c2n1. The Morgan fingerprint density at radius 1 is 1.02 bits per heavy atom. The van der Waals surface area contributed by atoms with Crippen LogP contribution in [-0.4, -0.2) is 89.5 Å². The van der Waals surface area contributed by atoms with Gasteiger partial charge in [-0.05, 0) is 46.7 Å². The number of pyridine rings is 1. The van der Waals surface area contributed by atoms with E-state index in [9.17, 15) is 9.59 Å². The standard InChI is InChI=1S/C29H38Cl2N6O5/c1-7-32-27-33-17-18-15-19(22-23(30)20(40-5)16-21(41-6)24(22)31)26(38)37(25(18)34-27)10-8-9-35-11-13-36(14-12-35)28(39)42-29(2,3)4/h15-17H,7-14H2,1-6H3,(H,32,33,34). The number of aromatic nitrogens is 3. The molecule has 1 saturated heterocycles. The molecule has 0 bridgehead atoms. The van der Waals surface area contributed by atoms with E-state index < -0.39 is 5.60 Å². The highest BCUT2D eigenvalue weighted by atomic mass is 35.5. The van der Waals surface area contributed by atoms with Crippen molar-refractivity contribution in [3.05, 3.63) is 38.7 Å². The van der Waals surface area contributed by atoms with Crippen molar-refractivity contribution >= 4 is 46.3 Å². The fourth-order valence-corrected chi connectivity index (χ4v) is 5.55. The molecule has 0 atom stereocenters. The first-order valence-electron chi connectivity index (χ1n) is 13.9. The number of rotatable bonds is 9. The molecule has 0 aliphatic carbocycles. The van der Waals surface area contributed by atoms with E-state index in [1.165, 1.54) is 14.2 Å². The molecule has 1 fully saturated rings. The maximum atomic E-state index is 14.1. The number of aryl methyl sites for hydroxylation is 1. The van der Waals surface area contributed by atoms with E-state index in [4.69, 9.17) is 37.4 Å². The molecule has 3 heterocycles. The summed E-state index contributed by atoms with van der Waals surface area (Å²) < 4.78 is 18.0. The van der Waals surface area contributed by atoms with Crippen molar-refractivity contribution in [1.29, 1.82) is 0 Å². The molecule has 1 aliphatic rings. The Labute approximate surface area is 255 Å². The molecule has 13 heteroatoms. The summed E-state index contributed by atoms with van der Waals surface area (Å²) in [7, 11) is 2.97. The van der Waals surface area contributed by atoms with Crippen LogP contribution < -0.4 is 20.3 Å². The van der Waals surface area contributed by atoms with Crippen molar-refractivity contribution in [2.24, 2.45) is 0 Å². The Hall–Kier alpha value is -3.28. The van der Waals surface area contributed by atoms with Crippen LogP contribution in [0, 0.1) is 0 Å². The van der Waals surface area contributed by atoms with Crippen LogP contribution in [-0.2, 0) is 11.3 Å². The molecule has 0 unspecified atom stereocenters. The van der Waals surface area contributed by atoms with Crippen LogP contribution in [0.25, 0.3) is 22.2 Å². The van der Waals surface area contributed by atoms with E-state index in [0.29, 0.717) is 72.2 Å². The molecule has 1 amide bonds. The number of fused-ring (bicyclic) bond motifs is 1. The van der Waals surface area contributed by atoms with E-state index in [1.54, 1.807) is 27.8 Å². The zero-order valence-corrected chi connectivity index (χ0v) is 26.4. The number of nitrogens with zero attached hydrogens (tertiary/aromatic N) is 5. The van der Waals surface area contributed by atoms with Crippen LogP contribution in [0.15, 0.2) is 23.1 Å². The first kappa shape index (κ1) is 31.7. The van der Waals surface area contributed by atoms with Gasteiger partial charge in [0.1, 0.15) is 22.7 Å². The highest BCUT2D eigenvalue weighted by Gasteiger charge is 2.26. The fraction of sp³-hybridized carbons (Fsp3) is 0.517. The van der Waals surface area contributed by atoms with Crippen LogP contribution in [0.1, 0.15) is 34.1 Å². The quantitative estimate of drug-likeness (QED) is 0.347. The highest BCUT2D eigenvalue weighted by Crippen LogP contribution is 2.45. The fourth-order valence-electron chi connectivity index (χ4n) is 4.84. The lowest BCUT2D eigenvalue weighted by Gasteiger charge is -2.35. The maximum absolute atomic E-state index is 14.1. The molecular weight excluding hydrogens is 583 g/mol. The molecule has 0 spiro atoms. The summed E-state index contributed by atoms with van der Waals surface area (Å²) in [6.07, 6.45) is 2.06. The van der Waals surface area contributed by atoms with Crippen LogP contribution >= 0.6 is 23.2 Å². The lowest BCUT2D eigenvalue weighted by Crippen LogP contribution is -2.50. The molecule has 42 heavy (non-hydrogen) atoms. The monoisotopic (exact) mass is 620 g/mol. The van der Waals surface area contributed by atoms with Crippen molar-refractivity contribution in [1.82, 2.24) is 24.3 Å². The molecule has 0 saturated carbocycles. The number of amides is 1. The number of piperazine rings is 1. The number of hydrogen-bond donors (Lipinski definition) is 1. The van der Waals surface area contributed by atoms with Crippen molar-refractivity contribution in [3.8, 4) is 22.6 Å². The number of ether oxygens (including phenoxy) is 3. The largest absolute Gasteiger partial charge is 0.495 e. The molecule has 2 aromatic heterocycles. The average Bonchev–Trinajstić information content (AvgIpc) is 2.94. The van der Waals surface area contributed by atoms with Gasteiger partial charge < -0.3 is 24.4 Å². The predicted molar refractivity (Wildman–Crippen MR) is 165 cm³/mol. The van der Waals surface area contributed by atoms with Gasteiger partial charge in [-0.3, -0.25) is 14.3 Å². The van der Waals surface area contributed by atoms with Gasteiger partial charge in [-0.25, -0.2) is 9.78 Å². The van der Waals surface area contributed by atoms with Crippen LogP contribution in [0.3, 0.4) is 0 Å². The normalized spacial score (nSPS) is 14.2.